The summed E-state index contributed by atoms with van der Waals surface area (Å²) < 4.78 is 0. The Bertz CT molecular complexity index is 451. The van der Waals surface area contributed by atoms with Crippen molar-refractivity contribution in [3.8, 4) is 0 Å². The zero-order valence-electron chi connectivity index (χ0n) is 10.9. The molecule has 0 spiro atoms. The second-order valence-electron chi connectivity index (χ2n) is 4.29. The summed E-state index contributed by atoms with van der Waals surface area (Å²) in [5.41, 5.74) is 7.12. The molecule has 7 heteroatoms. The minimum Gasteiger partial charge on any atom is -0.480 e. The molecule has 1 aromatic carbocycles. The molecular weight excluding hydrogens is 323 g/mol. The summed E-state index contributed by atoms with van der Waals surface area (Å²) in [5, 5.41) is 9.31. The number of rotatable bonds is 8. The fraction of sp³-hybridized carbons (Fsp3) is 0.462. The van der Waals surface area contributed by atoms with Gasteiger partial charge in [0, 0.05) is 35.6 Å². The lowest BCUT2D eigenvalue weighted by Crippen LogP contribution is -2.32. The van der Waals surface area contributed by atoms with Gasteiger partial charge in [-0.05, 0) is 24.1 Å². The summed E-state index contributed by atoms with van der Waals surface area (Å²) in [6, 6.07) is 4.48. The van der Waals surface area contributed by atoms with E-state index in [0.29, 0.717) is 35.4 Å². The monoisotopic (exact) mass is 338 g/mol. The van der Waals surface area contributed by atoms with Gasteiger partial charge in [-0.15, -0.1) is 23.2 Å². The normalized spacial score (nSPS) is 12.2. The van der Waals surface area contributed by atoms with Crippen LogP contribution in [-0.4, -0.2) is 42.0 Å². The molecule has 0 aliphatic heterocycles. The molecule has 3 N–H and O–H groups in total. The van der Waals surface area contributed by atoms with Gasteiger partial charge >= 0.3 is 5.97 Å². The van der Waals surface area contributed by atoms with E-state index in [2.05, 4.69) is 0 Å². The van der Waals surface area contributed by atoms with Crippen molar-refractivity contribution in [2.45, 2.75) is 12.5 Å². The highest BCUT2D eigenvalue weighted by Gasteiger charge is 2.15. The molecule has 0 amide bonds. The zero-order chi connectivity index (χ0) is 15.1. The zero-order valence-corrected chi connectivity index (χ0v) is 13.1. The van der Waals surface area contributed by atoms with Crippen molar-refractivity contribution in [3.05, 3.63) is 28.8 Å². The predicted octanol–water partition coefficient (Wildman–Crippen LogP) is 2.58. The van der Waals surface area contributed by atoms with Crippen molar-refractivity contribution >= 4 is 46.5 Å². The van der Waals surface area contributed by atoms with Gasteiger partial charge in [0.05, 0.1) is 0 Å². The summed E-state index contributed by atoms with van der Waals surface area (Å²) in [6.07, 6.45) is 0.194. The highest BCUT2D eigenvalue weighted by Crippen LogP contribution is 2.24. The molecule has 0 aliphatic carbocycles. The number of benzene rings is 1. The molecule has 1 atom stereocenters. The molecule has 4 nitrogen and oxygen atoms in total. The van der Waals surface area contributed by atoms with Gasteiger partial charge in [-0.2, -0.15) is 0 Å². The Kier molecular flexibility index (Phi) is 7.45. The molecule has 1 rings (SSSR count). The molecule has 0 saturated heterocycles. The maximum atomic E-state index is 10.8. The lowest BCUT2D eigenvalue weighted by Gasteiger charge is -2.23. The highest BCUT2D eigenvalue weighted by molar-refractivity contribution is 6.31. The number of alkyl halides is 2. The molecule has 0 saturated carbocycles. The number of hydrogen-bond acceptors (Lipinski definition) is 3. The number of nitrogens with two attached hydrogens (primary N) is 1. The number of hydrogen-bond donors (Lipinski definition) is 2. The SMILES string of the molecule is N[C@@H](Cc1ccc(N(CCCl)CCCl)cc1Cl)C(=O)O. The summed E-state index contributed by atoms with van der Waals surface area (Å²) in [5.74, 6) is -0.0728. The topological polar surface area (TPSA) is 66.6 Å². The van der Waals surface area contributed by atoms with E-state index in [9.17, 15) is 4.79 Å². The van der Waals surface area contributed by atoms with Crippen LogP contribution in [0.15, 0.2) is 18.2 Å². The maximum absolute atomic E-state index is 10.8. The molecule has 0 aliphatic rings. The molecule has 0 fully saturated rings. The van der Waals surface area contributed by atoms with E-state index in [1.807, 2.05) is 11.0 Å². The lowest BCUT2D eigenvalue weighted by atomic mass is 10.1. The maximum Gasteiger partial charge on any atom is 0.320 e. The highest BCUT2D eigenvalue weighted by atomic mass is 35.5. The fourth-order valence-corrected chi connectivity index (χ4v) is 2.46. The third kappa shape index (κ3) is 5.02. The molecule has 112 valence electrons. The van der Waals surface area contributed by atoms with Gasteiger partial charge in [0.25, 0.3) is 0 Å². The van der Waals surface area contributed by atoms with Gasteiger partial charge in [-0.3, -0.25) is 4.79 Å². The van der Waals surface area contributed by atoms with Crippen molar-refractivity contribution in [1.29, 1.82) is 0 Å². The second-order valence-corrected chi connectivity index (χ2v) is 5.45. The van der Waals surface area contributed by atoms with Crippen molar-refractivity contribution in [3.63, 3.8) is 0 Å². The van der Waals surface area contributed by atoms with E-state index in [4.69, 9.17) is 45.6 Å². The van der Waals surface area contributed by atoms with Crippen LogP contribution in [0.4, 0.5) is 5.69 Å². The Morgan fingerprint density at radius 1 is 1.30 bits per heavy atom. The Balaban J connectivity index is 2.88. The van der Waals surface area contributed by atoms with Gasteiger partial charge in [-0.1, -0.05) is 17.7 Å². The third-order valence-corrected chi connectivity index (χ3v) is 3.56. The van der Waals surface area contributed by atoms with E-state index < -0.39 is 12.0 Å². The molecule has 1 aromatic rings. The molecule has 0 radical (unpaired) electrons. The summed E-state index contributed by atoms with van der Waals surface area (Å²) in [7, 11) is 0. The average molecular weight is 340 g/mol. The summed E-state index contributed by atoms with van der Waals surface area (Å²) >= 11 is 17.7. The molecule has 0 unspecified atom stereocenters. The van der Waals surface area contributed by atoms with Crippen LogP contribution < -0.4 is 10.6 Å². The van der Waals surface area contributed by atoms with Gasteiger partial charge in [0.2, 0.25) is 0 Å². The number of carboxylic acids is 1. The van der Waals surface area contributed by atoms with Crippen LogP contribution in [0.5, 0.6) is 0 Å². The number of anilines is 1. The van der Waals surface area contributed by atoms with Crippen LogP contribution in [0, 0.1) is 0 Å². The number of aliphatic carboxylic acids is 1. The summed E-state index contributed by atoms with van der Waals surface area (Å²) in [4.78, 5) is 12.8. The van der Waals surface area contributed by atoms with E-state index in [1.54, 1.807) is 12.1 Å². The van der Waals surface area contributed by atoms with Gasteiger partial charge in [0.1, 0.15) is 6.04 Å². The largest absolute Gasteiger partial charge is 0.480 e. The van der Waals surface area contributed by atoms with Gasteiger partial charge in [-0.25, -0.2) is 0 Å². The number of carboxylic acid groups (broad SMARTS) is 1. The number of halogens is 3. The third-order valence-electron chi connectivity index (χ3n) is 2.87. The van der Waals surface area contributed by atoms with Crippen LogP contribution in [0.3, 0.4) is 0 Å². The number of nitrogens with zero attached hydrogens (tertiary/aromatic N) is 1. The van der Waals surface area contributed by atoms with E-state index in [1.165, 1.54) is 0 Å². The lowest BCUT2D eigenvalue weighted by molar-refractivity contribution is -0.138. The first-order valence-electron chi connectivity index (χ1n) is 6.13. The Hall–Kier alpha value is -0.680. The van der Waals surface area contributed by atoms with Crippen LogP contribution in [0.1, 0.15) is 5.56 Å². The Labute approximate surface area is 133 Å². The van der Waals surface area contributed by atoms with Crippen molar-refractivity contribution in [2.75, 3.05) is 29.7 Å². The standard InChI is InChI=1S/C13H17Cl3N2O2/c14-3-5-18(6-4-15)10-2-1-9(11(16)8-10)7-12(17)13(19)20/h1-2,8,12H,3-7,17H2,(H,19,20)/t12-/m0/s1. The van der Waals surface area contributed by atoms with Crippen molar-refractivity contribution in [2.24, 2.45) is 5.73 Å². The van der Waals surface area contributed by atoms with Crippen LogP contribution in [0.2, 0.25) is 5.02 Å². The Morgan fingerprint density at radius 3 is 2.35 bits per heavy atom. The van der Waals surface area contributed by atoms with Gasteiger partial charge < -0.3 is 15.7 Å². The first kappa shape index (κ1) is 17.4. The molecule has 0 aromatic heterocycles. The smallest absolute Gasteiger partial charge is 0.320 e. The van der Waals surface area contributed by atoms with Gasteiger partial charge in [0.15, 0.2) is 0 Å². The first-order valence-corrected chi connectivity index (χ1v) is 7.58. The Morgan fingerprint density at radius 2 is 1.90 bits per heavy atom. The molecule has 20 heavy (non-hydrogen) atoms. The predicted molar refractivity (Wildman–Crippen MR) is 84.4 cm³/mol. The van der Waals surface area contributed by atoms with Crippen LogP contribution in [-0.2, 0) is 11.2 Å². The minimum absolute atomic E-state index is 0.194. The van der Waals surface area contributed by atoms with Crippen molar-refractivity contribution in [1.82, 2.24) is 0 Å². The van der Waals surface area contributed by atoms with E-state index in [-0.39, 0.29) is 6.42 Å². The van der Waals surface area contributed by atoms with E-state index in [0.717, 1.165) is 5.69 Å². The van der Waals surface area contributed by atoms with Crippen LogP contribution in [0.25, 0.3) is 0 Å². The summed E-state index contributed by atoms with van der Waals surface area (Å²) in [6.45, 7) is 1.33. The number of carbonyl (C=O) groups is 1. The van der Waals surface area contributed by atoms with Crippen molar-refractivity contribution < 1.29 is 9.90 Å². The molecule has 0 bridgehead atoms. The quantitative estimate of drug-likeness (QED) is 0.714. The van der Waals surface area contributed by atoms with E-state index >= 15 is 0 Å². The molecular formula is C13H17Cl3N2O2. The average Bonchev–Trinajstić information content (AvgIpc) is 2.40. The first-order chi connectivity index (χ1) is 9.49. The van der Waals surface area contributed by atoms with Crippen LogP contribution >= 0.6 is 34.8 Å². The minimum atomic E-state index is -1.05. The fourth-order valence-electron chi connectivity index (χ4n) is 1.80. The second kappa shape index (κ2) is 8.57. The molecule has 0 heterocycles.